The average Bonchev–Trinajstić information content (AvgIpc) is 3.27. The number of halogens is 3. The van der Waals surface area contributed by atoms with Crippen LogP contribution in [0.3, 0.4) is 0 Å². The molecule has 41 heavy (non-hydrogen) atoms. The Morgan fingerprint density at radius 2 is 1.90 bits per heavy atom. The van der Waals surface area contributed by atoms with Gasteiger partial charge in [0.2, 0.25) is 0 Å². The van der Waals surface area contributed by atoms with E-state index in [1.807, 2.05) is 19.9 Å². The number of piperidine rings is 1. The molecule has 1 aromatic rings. The second-order valence-corrected chi connectivity index (χ2v) is 12.1. The third kappa shape index (κ3) is 8.95. The molecule has 9 nitrogen and oxygen atoms in total. The van der Waals surface area contributed by atoms with Crippen molar-refractivity contribution in [2.45, 2.75) is 77.1 Å². The predicted molar refractivity (Wildman–Crippen MR) is 146 cm³/mol. The van der Waals surface area contributed by atoms with E-state index in [1.54, 1.807) is 6.08 Å². The van der Waals surface area contributed by atoms with Crippen molar-refractivity contribution in [3.05, 3.63) is 47.0 Å². The lowest BCUT2D eigenvalue weighted by molar-refractivity contribution is -0.137. The van der Waals surface area contributed by atoms with Gasteiger partial charge in [0.1, 0.15) is 17.7 Å². The molecule has 0 saturated carbocycles. The Morgan fingerprint density at radius 1 is 1.24 bits per heavy atom. The summed E-state index contributed by atoms with van der Waals surface area (Å²) in [7, 11) is -2.00. The number of hydrogen-bond donors (Lipinski definition) is 3. The molecule has 2 aliphatic heterocycles. The maximum Gasteiger partial charge on any atom is 0.475 e. The van der Waals surface area contributed by atoms with E-state index in [0.717, 1.165) is 31.6 Å². The molecule has 0 radical (unpaired) electrons. The number of carbonyl (C=O) groups excluding carboxylic acids is 2. The normalized spacial score (nSPS) is 20.7. The summed E-state index contributed by atoms with van der Waals surface area (Å²) >= 11 is 0. The number of nitrogens with zero attached hydrogens (tertiary/aromatic N) is 3. The summed E-state index contributed by atoms with van der Waals surface area (Å²) in [6.07, 6.45) is -2.59. The van der Waals surface area contributed by atoms with Gasteiger partial charge in [-0.2, -0.15) is 18.4 Å². The standard InChI is InChI=1S/C28H38BF3N4O5/c1-26(2)11-13-36(18-26)27(3,4)15-20(16-33)24(37)35-12-5-6-22(17-35)41-25(38)34-23(29(39)40)14-19-7-9-21(10-8-19)28(30,31)32/h7-10,15,22-23,39-40H,5-6,11-14,17-18H2,1-4H3,(H,34,38)/t22?,23-/m0/s1. The van der Waals surface area contributed by atoms with E-state index >= 15 is 0 Å². The molecule has 0 aliphatic carbocycles. The zero-order chi connectivity index (χ0) is 30.6. The quantitative estimate of drug-likeness (QED) is 0.246. The number of alkyl carbamates (subject to hydrolysis) is 1. The van der Waals surface area contributed by atoms with E-state index < -0.39 is 48.4 Å². The third-order valence-electron chi connectivity index (χ3n) is 7.68. The minimum Gasteiger partial charge on any atom is -0.444 e. The first-order chi connectivity index (χ1) is 19.0. The van der Waals surface area contributed by atoms with Gasteiger partial charge in [0, 0.05) is 18.6 Å². The molecule has 0 spiro atoms. The van der Waals surface area contributed by atoms with Gasteiger partial charge in [-0.3, -0.25) is 9.69 Å². The molecular formula is C28H38BF3N4O5. The molecule has 2 saturated heterocycles. The van der Waals surface area contributed by atoms with Crippen molar-refractivity contribution >= 4 is 19.1 Å². The van der Waals surface area contributed by atoms with Crippen molar-refractivity contribution in [2.24, 2.45) is 5.41 Å². The molecule has 1 aromatic carbocycles. The van der Waals surface area contributed by atoms with Crippen LogP contribution in [0.25, 0.3) is 0 Å². The Morgan fingerprint density at radius 3 is 2.44 bits per heavy atom. The van der Waals surface area contributed by atoms with Crippen LogP contribution in [0.4, 0.5) is 18.0 Å². The largest absolute Gasteiger partial charge is 0.475 e. The summed E-state index contributed by atoms with van der Waals surface area (Å²) in [5, 5.41) is 31.6. The van der Waals surface area contributed by atoms with Crippen LogP contribution in [0.1, 0.15) is 58.1 Å². The molecule has 2 amide bonds. The maximum atomic E-state index is 13.3. The van der Waals surface area contributed by atoms with E-state index in [1.165, 1.54) is 17.0 Å². The number of benzene rings is 1. The van der Waals surface area contributed by atoms with E-state index in [2.05, 4.69) is 24.1 Å². The summed E-state index contributed by atoms with van der Waals surface area (Å²) in [4.78, 5) is 29.6. The second kappa shape index (κ2) is 12.8. The van der Waals surface area contributed by atoms with Crippen molar-refractivity contribution in [3.63, 3.8) is 0 Å². The van der Waals surface area contributed by atoms with Crippen molar-refractivity contribution in [2.75, 3.05) is 26.2 Å². The van der Waals surface area contributed by atoms with Crippen molar-refractivity contribution in [3.8, 4) is 6.07 Å². The van der Waals surface area contributed by atoms with Gasteiger partial charge in [-0.25, -0.2) is 4.79 Å². The lowest BCUT2D eigenvalue weighted by Gasteiger charge is -2.35. The van der Waals surface area contributed by atoms with Crippen LogP contribution < -0.4 is 5.32 Å². The number of ether oxygens (including phenoxy) is 1. The van der Waals surface area contributed by atoms with Crippen LogP contribution >= 0.6 is 0 Å². The third-order valence-corrected chi connectivity index (χ3v) is 7.68. The van der Waals surface area contributed by atoms with Crippen molar-refractivity contribution in [1.29, 1.82) is 5.26 Å². The first-order valence-corrected chi connectivity index (χ1v) is 13.7. The second-order valence-electron chi connectivity index (χ2n) is 12.1. The minimum absolute atomic E-state index is 0.0183. The smallest absolute Gasteiger partial charge is 0.444 e. The Bertz CT molecular complexity index is 1160. The number of nitriles is 1. The molecule has 3 rings (SSSR count). The summed E-state index contributed by atoms with van der Waals surface area (Å²) in [6.45, 7) is 10.5. The average molecular weight is 578 g/mol. The molecule has 13 heteroatoms. The van der Waals surface area contributed by atoms with Gasteiger partial charge in [0.15, 0.2) is 0 Å². The molecule has 1 unspecified atom stereocenters. The number of hydrogen-bond acceptors (Lipinski definition) is 7. The SMILES string of the molecule is CC1(C)CCN(C(C)(C)C=C(C#N)C(=O)N2CCCC(OC(=O)N[C@@H](Cc3ccc(C(F)(F)F)cc3)B(O)O)C2)C1. The lowest BCUT2D eigenvalue weighted by Crippen LogP contribution is -2.50. The number of likely N-dealkylation sites (tertiary alicyclic amines) is 2. The van der Waals surface area contributed by atoms with Crippen molar-refractivity contribution < 1.29 is 37.5 Å². The molecule has 2 fully saturated rings. The number of nitrogens with one attached hydrogen (secondary N) is 1. The highest BCUT2D eigenvalue weighted by atomic mass is 19.4. The molecule has 0 bridgehead atoms. The summed E-state index contributed by atoms with van der Waals surface area (Å²) < 4.78 is 43.9. The fourth-order valence-electron chi connectivity index (χ4n) is 5.23. The summed E-state index contributed by atoms with van der Waals surface area (Å²) in [5.41, 5.74) is -0.827. The van der Waals surface area contributed by atoms with E-state index in [9.17, 15) is 38.1 Å². The van der Waals surface area contributed by atoms with Gasteiger partial charge in [-0.15, -0.1) is 0 Å². The summed E-state index contributed by atoms with van der Waals surface area (Å²) in [6, 6.07) is 6.17. The molecular weight excluding hydrogens is 540 g/mol. The van der Waals surface area contributed by atoms with Gasteiger partial charge < -0.3 is 25.0 Å². The fraction of sp³-hybridized carbons (Fsp3) is 0.607. The van der Waals surface area contributed by atoms with Crippen LogP contribution in [0.2, 0.25) is 0 Å². The first-order valence-electron chi connectivity index (χ1n) is 13.7. The van der Waals surface area contributed by atoms with E-state index in [4.69, 9.17) is 4.74 Å². The first kappa shape index (κ1) is 32.4. The Kier molecular flexibility index (Phi) is 10.2. The van der Waals surface area contributed by atoms with Gasteiger partial charge in [0.25, 0.3) is 5.91 Å². The van der Waals surface area contributed by atoms with Gasteiger partial charge >= 0.3 is 19.4 Å². The molecule has 2 atom stereocenters. The molecule has 224 valence electrons. The van der Waals surface area contributed by atoms with Gasteiger partial charge in [-0.1, -0.05) is 26.0 Å². The zero-order valence-corrected chi connectivity index (χ0v) is 23.9. The number of alkyl halides is 3. The highest BCUT2D eigenvalue weighted by Gasteiger charge is 2.38. The monoisotopic (exact) mass is 578 g/mol. The van der Waals surface area contributed by atoms with Crippen LogP contribution in [0.15, 0.2) is 35.9 Å². The van der Waals surface area contributed by atoms with Gasteiger partial charge in [-0.05, 0) is 75.3 Å². The molecule has 3 N–H and O–H groups in total. The Balaban J connectivity index is 1.59. The van der Waals surface area contributed by atoms with E-state index in [-0.39, 0.29) is 24.0 Å². The van der Waals surface area contributed by atoms with Crippen LogP contribution in [0, 0.1) is 16.7 Å². The fourth-order valence-corrected chi connectivity index (χ4v) is 5.23. The number of amides is 2. The van der Waals surface area contributed by atoms with Gasteiger partial charge in [0.05, 0.1) is 18.0 Å². The highest BCUT2D eigenvalue weighted by molar-refractivity contribution is 6.43. The maximum absolute atomic E-state index is 13.3. The van der Waals surface area contributed by atoms with E-state index in [0.29, 0.717) is 24.9 Å². The molecule has 2 aliphatic rings. The molecule has 0 aromatic heterocycles. The number of carbonyl (C=O) groups is 2. The Labute approximate surface area is 239 Å². The topological polar surface area (TPSA) is 126 Å². The van der Waals surface area contributed by atoms with Crippen LogP contribution in [0.5, 0.6) is 0 Å². The predicted octanol–water partition coefficient (Wildman–Crippen LogP) is 3.31. The van der Waals surface area contributed by atoms with Crippen LogP contribution in [-0.2, 0) is 22.1 Å². The van der Waals surface area contributed by atoms with Crippen molar-refractivity contribution in [1.82, 2.24) is 15.1 Å². The highest BCUT2D eigenvalue weighted by Crippen LogP contribution is 2.34. The molecule has 2 heterocycles. The summed E-state index contributed by atoms with van der Waals surface area (Å²) in [5.74, 6) is -1.69. The lowest BCUT2D eigenvalue weighted by atomic mass is 9.76. The Hall–Kier alpha value is -3.08. The number of rotatable bonds is 8. The minimum atomic E-state index is -4.50. The zero-order valence-electron chi connectivity index (χ0n) is 23.9. The van der Waals surface area contributed by atoms with Crippen LogP contribution in [-0.4, -0.2) is 82.7 Å².